The number of rotatable bonds is 3. The van der Waals surface area contributed by atoms with Gasteiger partial charge in [-0.05, 0) is 48.5 Å². The zero-order valence-electron chi connectivity index (χ0n) is 11.0. The number of hydrogen-bond donors (Lipinski definition) is 2. The number of aliphatic hydroxyl groups is 1. The molecule has 0 spiro atoms. The molecule has 0 saturated heterocycles. The van der Waals surface area contributed by atoms with Crippen LogP contribution < -0.4 is 5.32 Å². The minimum Gasteiger partial charge on any atom is -0.393 e. The monoisotopic (exact) mass is 369 g/mol. The minimum atomic E-state index is -0.437. The summed E-state index contributed by atoms with van der Waals surface area (Å²) in [5, 5.41) is 23.6. The number of aliphatic hydroxyl groups excluding tert-OH is 1. The maximum atomic E-state index is 10.8. The molecule has 1 aromatic heterocycles. The van der Waals surface area contributed by atoms with Gasteiger partial charge in [-0.2, -0.15) is 0 Å². The zero-order valence-corrected chi connectivity index (χ0v) is 13.2. The van der Waals surface area contributed by atoms with E-state index in [1.807, 2.05) is 0 Å². The molecule has 0 amide bonds. The first-order valence-electron chi connectivity index (χ1n) is 6.23. The molecule has 2 N–H and O–H groups in total. The third-order valence-electron chi connectivity index (χ3n) is 3.37. The SMILES string of the molecule is Cc1nc(N[C@H]2CC[C@@H](O)CC2)c(Br)cc1[N+](=O)[O-].[Ar]. The fraction of sp³-hybridized carbons (Fsp3) is 0.583. The van der Waals surface area contributed by atoms with Gasteiger partial charge < -0.3 is 10.4 Å². The Balaban J connectivity index is 0.00000200. The largest absolute Gasteiger partial charge is 0.393 e. The fourth-order valence-corrected chi connectivity index (χ4v) is 2.69. The van der Waals surface area contributed by atoms with Crippen LogP contribution in [0.1, 0.15) is 31.4 Å². The van der Waals surface area contributed by atoms with Crippen LogP contribution in [-0.4, -0.2) is 27.2 Å². The van der Waals surface area contributed by atoms with Gasteiger partial charge in [0.25, 0.3) is 5.69 Å². The molecule has 112 valence electrons. The molecule has 0 bridgehead atoms. The summed E-state index contributed by atoms with van der Waals surface area (Å²) in [6, 6.07) is 1.73. The molecule has 1 aliphatic carbocycles. The molecular formula is C12H16ArBrN3O3. The number of aromatic nitrogens is 1. The van der Waals surface area contributed by atoms with Crippen molar-refractivity contribution in [2.75, 3.05) is 5.32 Å². The topological polar surface area (TPSA) is 88.3 Å². The summed E-state index contributed by atoms with van der Waals surface area (Å²) < 4.78 is 0.593. The van der Waals surface area contributed by atoms with Crippen LogP contribution >= 0.6 is 15.9 Å². The smallest absolute Gasteiger partial charge is 0.291 e. The first-order chi connectivity index (χ1) is 8.97. The van der Waals surface area contributed by atoms with Crippen molar-refractivity contribution in [2.45, 2.75) is 44.8 Å². The van der Waals surface area contributed by atoms with Crippen molar-refractivity contribution in [2.24, 2.45) is 0 Å². The number of nitrogens with zero attached hydrogens (tertiary/aromatic N) is 2. The van der Waals surface area contributed by atoms with Crippen molar-refractivity contribution in [1.82, 2.24) is 4.98 Å². The van der Waals surface area contributed by atoms with Gasteiger partial charge in [-0.15, -0.1) is 0 Å². The Labute approximate surface area is 155 Å². The van der Waals surface area contributed by atoms with Gasteiger partial charge in [-0.3, -0.25) is 10.1 Å². The van der Waals surface area contributed by atoms with E-state index in [0.717, 1.165) is 25.7 Å². The molecule has 0 unspecified atom stereocenters. The van der Waals surface area contributed by atoms with Gasteiger partial charge in [0.05, 0.1) is 15.5 Å². The fourth-order valence-electron chi connectivity index (χ4n) is 2.27. The van der Waals surface area contributed by atoms with E-state index in [-0.39, 0.29) is 55.6 Å². The molecule has 6 nitrogen and oxygen atoms in total. The van der Waals surface area contributed by atoms with Crippen LogP contribution in [-0.2, 0) is 0 Å². The van der Waals surface area contributed by atoms with Crippen molar-refractivity contribution < 1.29 is 47.8 Å². The predicted molar refractivity (Wildman–Crippen MR) is 75.2 cm³/mol. The molecule has 2 rings (SSSR count). The molecule has 1 fully saturated rings. The van der Waals surface area contributed by atoms with Gasteiger partial charge in [-0.1, -0.05) is 0 Å². The van der Waals surface area contributed by atoms with E-state index in [1.54, 1.807) is 6.92 Å². The summed E-state index contributed by atoms with van der Waals surface area (Å²) in [7, 11) is 0. The molecule has 1 aliphatic rings. The van der Waals surface area contributed by atoms with E-state index in [2.05, 4.69) is 26.2 Å². The van der Waals surface area contributed by atoms with Gasteiger partial charge >= 0.3 is 0 Å². The third-order valence-corrected chi connectivity index (χ3v) is 3.98. The number of pyridine rings is 1. The van der Waals surface area contributed by atoms with Gasteiger partial charge in [0.1, 0.15) is 11.5 Å². The molecule has 8 heteroatoms. The van der Waals surface area contributed by atoms with Gasteiger partial charge in [0.2, 0.25) is 0 Å². The molecule has 1 saturated carbocycles. The summed E-state index contributed by atoms with van der Waals surface area (Å²) in [5.74, 6) is 0.629. The molecule has 0 radical (unpaired) electrons. The Kier molecular flexibility index (Phi) is 7.14. The standard InChI is InChI=1S/C12H16BrN3O3.Ar/c1-7-11(16(18)19)6-10(13)12(14-7)15-8-2-4-9(17)5-3-8;/h6,8-9,17H,2-5H2,1H3,(H,14,15);/t8-,9+;. The second-order valence-corrected chi connectivity index (χ2v) is 5.68. The molecule has 0 aliphatic heterocycles. The molecule has 1 heterocycles. The molecule has 0 atom stereocenters. The molecule has 1 aromatic rings. The van der Waals surface area contributed by atoms with Gasteiger partial charge in [-0.25, -0.2) is 4.98 Å². The average Bonchev–Trinajstić information content (AvgIpc) is 2.35. The van der Waals surface area contributed by atoms with Crippen LogP contribution in [0.15, 0.2) is 10.5 Å². The van der Waals surface area contributed by atoms with Crippen LogP contribution in [0.3, 0.4) is 0 Å². The minimum absolute atomic E-state index is 0. The Morgan fingerprint density at radius 2 is 2.05 bits per heavy atom. The van der Waals surface area contributed by atoms with Gasteiger partial charge in [0.15, 0.2) is 0 Å². The molecule has 20 heavy (non-hydrogen) atoms. The predicted octanol–water partition coefficient (Wildman–Crippen LogP) is 2.78. The maximum Gasteiger partial charge on any atom is 0.291 e. The summed E-state index contributed by atoms with van der Waals surface area (Å²) in [6.45, 7) is 1.63. The first-order valence-corrected chi connectivity index (χ1v) is 7.03. The number of hydrogen-bond acceptors (Lipinski definition) is 5. The Hall–Kier alpha value is 0.0497. The van der Waals surface area contributed by atoms with Crippen LogP contribution in [0.2, 0.25) is 0 Å². The van der Waals surface area contributed by atoms with E-state index in [1.165, 1.54) is 6.07 Å². The van der Waals surface area contributed by atoms with Crippen LogP contribution in [0.4, 0.5) is 11.5 Å². The van der Waals surface area contributed by atoms with E-state index in [9.17, 15) is 15.2 Å². The number of nitrogens with one attached hydrogen (secondary N) is 1. The maximum absolute atomic E-state index is 10.8. The van der Waals surface area contributed by atoms with Crippen molar-refractivity contribution in [1.29, 1.82) is 0 Å². The van der Waals surface area contributed by atoms with Crippen molar-refractivity contribution in [3.05, 3.63) is 26.3 Å². The zero-order chi connectivity index (χ0) is 14.0. The summed E-state index contributed by atoms with van der Waals surface area (Å²) in [6.07, 6.45) is 3.12. The summed E-state index contributed by atoms with van der Waals surface area (Å²) >= 11 is 3.31. The normalized spacial score (nSPS) is 21.9. The summed E-state index contributed by atoms with van der Waals surface area (Å²) in [4.78, 5) is 14.6. The second kappa shape index (κ2) is 7.89. The van der Waals surface area contributed by atoms with Crippen molar-refractivity contribution >= 4 is 27.4 Å². The average molecular weight is 370 g/mol. The third kappa shape index (κ3) is 4.53. The first kappa shape index (κ1) is 18.1. The van der Waals surface area contributed by atoms with E-state index >= 15 is 0 Å². The van der Waals surface area contributed by atoms with E-state index < -0.39 is 4.92 Å². The van der Waals surface area contributed by atoms with Crippen LogP contribution in [0, 0.1) is 54.8 Å². The van der Waals surface area contributed by atoms with Crippen LogP contribution in [0.5, 0.6) is 0 Å². The molecule has 0 aromatic carbocycles. The quantitative estimate of drug-likeness (QED) is 0.631. The Bertz CT molecular complexity index is 493. The van der Waals surface area contributed by atoms with E-state index in [0.29, 0.717) is 16.0 Å². The Morgan fingerprint density at radius 1 is 1.45 bits per heavy atom. The van der Waals surface area contributed by atoms with E-state index in [4.69, 9.17) is 0 Å². The number of anilines is 1. The number of aryl methyl sites for hydroxylation is 1. The Morgan fingerprint density at radius 3 is 2.60 bits per heavy atom. The van der Waals surface area contributed by atoms with Crippen molar-refractivity contribution in [3.8, 4) is 0 Å². The van der Waals surface area contributed by atoms with Crippen LogP contribution in [0.25, 0.3) is 0 Å². The van der Waals surface area contributed by atoms with Gasteiger partial charge in [0, 0.05) is 49.8 Å². The second-order valence-electron chi connectivity index (χ2n) is 4.83. The van der Waals surface area contributed by atoms with Crippen molar-refractivity contribution in [3.63, 3.8) is 0 Å². The number of halogens is 1. The molecular weight excluding hydrogens is 354 g/mol. The summed E-state index contributed by atoms with van der Waals surface area (Å²) in [5.41, 5.74) is 0.406. The number of nitro groups is 1.